The Labute approximate surface area is 104 Å². The van der Waals surface area contributed by atoms with Crippen LogP contribution in [-0.2, 0) is 4.74 Å². The van der Waals surface area contributed by atoms with E-state index >= 15 is 0 Å². The van der Waals surface area contributed by atoms with Gasteiger partial charge in [0.05, 0.1) is 16.3 Å². The second kappa shape index (κ2) is 4.50. The smallest absolute Gasteiger partial charge is 0.183 e. The molecule has 1 aliphatic heterocycles. The SMILES string of the molecule is Nc1ccc2nc(NCC3CCCO3)sc2c1. The van der Waals surface area contributed by atoms with Crippen LogP contribution < -0.4 is 11.1 Å². The van der Waals surface area contributed by atoms with Gasteiger partial charge in [-0.25, -0.2) is 4.98 Å². The molecule has 17 heavy (non-hydrogen) atoms. The molecule has 1 aromatic heterocycles. The maximum Gasteiger partial charge on any atom is 0.183 e. The maximum atomic E-state index is 5.75. The van der Waals surface area contributed by atoms with Crippen molar-refractivity contribution < 1.29 is 4.74 Å². The van der Waals surface area contributed by atoms with Crippen LogP contribution in [0.15, 0.2) is 18.2 Å². The number of nitrogens with zero attached hydrogens (tertiary/aromatic N) is 1. The van der Waals surface area contributed by atoms with Gasteiger partial charge in [-0.1, -0.05) is 11.3 Å². The Morgan fingerprint density at radius 3 is 3.29 bits per heavy atom. The van der Waals surface area contributed by atoms with E-state index in [4.69, 9.17) is 10.5 Å². The predicted octanol–water partition coefficient (Wildman–Crippen LogP) is 2.47. The van der Waals surface area contributed by atoms with Crippen LogP contribution in [0.5, 0.6) is 0 Å². The summed E-state index contributed by atoms with van der Waals surface area (Å²) >= 11 is 1.64. The first-order valence-corrected chi connectivity index (χ1v) is 6.64. The van der Waals surface area contributed by atoms with Crippen LogP contribution in [0.1, 0.15) is 12.8 Å². The highest BCUT2D eigenvalue weighted by Gasteiger charge is 2.15. The number of aromatic nitrogens is 1. The van der Waals surface area contributed by atoms with Crippen molar-refractivity contribution in [3.8, 4) is 0 Å². The van der Waals surface area contributed by atoms with Crippen LogP contribution in [-0.4, -0.2) is 24.2 Å². The Morgan fingerprint density at radius 1 is 1.53 bits per heavy atom. The average Bonchev–Trinajstić information content (AvgIpc) is 2.94. The highest BCUT2D eigenvalue weighted by molar-refractivity contribution is 7.22. The number of nitrogens with one attached hydrogen (secondary N) is 1. The van der Waals surface area contributed by atoms with E-state index in [0.29, 0.717) is 6.10 Å². The molecule has 0 bridgehead atoms. The normalized spacial score (nSPS) is 19.9. The molecule has 90 valence electrons. The molecule has 0 saturated carbocycles. The topological polar surface area (TPSA) is 60.2 Å². The number of rotatable bonds is 3. The van der Waals surface area contributed by atoms with Gasteiger partial charge in [0.2, 0.25) is 0 Å². The van der Waals surface area contributed by atoms with Gasteiger partial charge in [0, 0.05) is 18.8 Å². The summed E-state index contributed by atoms with van der Waals surface area (Å²) in [5.74, 6) is 0. The third-order valence-electron chi connectivity index (χ3n) is 2.92. The zero-order chi connectivity index (χ0) is 11.7. The zero-order valence-electron chi connectivity index (χ0n) is 9.48. The van der Waals surface area contributed by atoms with Crippen LogP contribution in [0.25, 0.3) is 10.2 Å². The van der Waals surface area contributed by atoms with Gasteiger partial charge in [0.25, 0.3) is 0 Å². The molecule has 0 spiro atoms. The first-order chi connectivity index (χ1) is 8.31. The Balaban J connectivity index is 1.72. The second-order valence-corrected chi connectivity index (χ2v) is 5.29. The number of benzene rings is 1. The van der Waals surface area contributed by atoms with E-state index < -0.39 is 0 Å². The number of hydrogen-bond donors (Lipinski definition) is 2. The van der Waals surface area contributed by atoms with Gasteiger partial charge in [0.1, 0.15) is 0 Å². The van der Waals surface area contributed by atoms with Crippen LogP contribution in [0.3, 0.4) is 0 Å². The van der Waals surface area contributed by atoms with Crippen molar-refractivity contribution in [3.05, 3.63) is 18.2 Å². The number of fused-ring (bicyclic) bond motifs is 1. The van der Waals surface area contributed by atoms with Crippen molar-refractivity contribution in [1.82, 2.24) is 4.98 Å². The number of hydrogen-bond acceptors (Lipinski definition) is 5. The predicted molar refractivity (Wildman–Crippen MR) is 71.5 cm³/mol. The van der Waals surface area contributed by atoms with Gasteiger partial charge in [0.15, 0.2) is 5.13 Å². The Hall–Kier alpha value is -1.33. The van der Waals surface area contributed by atoms with Crippen LogP contribution >= 0.6 is 11.3 Å². The summed E-state index contributed by atoms with van der Waals surface area (Å²) in [6.45, 7) is 1.73. The Kier molecular flexibility index (Phi) is 2.86. The fourth-order valence-corrected chi connectivity index (χ4v) is 2.94. The van der Waals surface area contributed by atoms with Gasteiger partial charge in [-0.05, 0) is 31.0 Å². The van der Waals surface area contributed by atoms with E-state index in [9.17, 15) is 0 Å². The molecule has 0 radical (unpaired) electrons. The molecule has 5 heteroatoms. The largest absolute Gasteiger partial charge is 0.399 e. The molecule has 1 unspecified atom stereocenters. The lowest BCUT2D eigenvalue weighted by atomic mass is 10.2. The molecular weight excluding hydrogens is 234 g/mol. The fourth-order valence-electron chi connectivity index (χ4n) is 2.02. The molecule has 2 heterocycles. The third-order valence-corrected chi connectivity index (χ3v) is 3.89. The zero-order valence-corrected chi connectivity index (χ0v) is 10.3. The summed E-state index contributed by atoms with van der Waals surface area (Å²) < 4.78 is 6.69. The van der Waals surface area contributed by atoms with E-state index in [1.165, 1.54) is 6.42 Å². The summed E-state index contributed by atoms with van der Waals surface area (Å²) in [6, 6.07) is 5.80. The lowest BCUT2D eigenvalue weighted by Gasteiger charge is -2.08. The van der Waals surface area contributed by atoms with Crippen LogP contribution in [0.2, 0.25) is 0 Å². The van der Waals surface area contributed by atoms with E-state index in [2.05, 4.69) is 10.3 Å². The standard InChI is InChI=1S/C12H15N3OS/c13-8-3-4-10-11(6-8)17-12(15-10)14-7-9-2-1-5-16-9/h3-4,6,9H,1-2,5,7,13H2,(H,14,15). The Morgan fingerprint density at radius 2 is 2.47 bits per heavy atom. The van der Waals surface area contributed by atoms with Gasteiger partial charge >= 0.3 is 0 Å². The molecule has 2 aromatic rings. The van der Waals surface area contributed by atoms with Gasteiger partial charge in [-0.2, -0.15) is 0 Å². The molecule has 1 saturated heterocycles. The summed E-state index contributed by atoms with van der Waals surface area (Å²) in [5, 5.41) is 4.28. The monoisotopic (exact) mass is 249 g/mol. The number of thiazole rings is 1. The molecule has 1 atom stereocenters. The molecule has 3 N–H and O–H groups in total. The molecule has 1 aliphatic rings. The van der Waals surface area contributed by atoms with Crippen LogP contribution in [0.4, 0.5) is 10.8 Å². The van der Waals surface area contributed by atoms with Crippen molar-refractivity contribution in [2.24, 2.45) is 0 Å². The minimum atomic E-state index is 0.340. The van der Waals surface area contributed by atoms with E-state index in [-0.39, 0.29) is 0 Å². The lowest BCUT2D eigenvalue weighted by molar-refractivity contribution is 0.120. The Bertz CT molecular complexity index is 519. The third kappa shape index (κ3) is 2.35. The fraction of sp³-hybridized carbons (Fsp3) is 0.417. The molecule has 0 amide bonds. The number of nitrogen functional groups attached to an aromatic ring is 1. The van der Waals surface area contributed by atoms with Crippen molar-refractivity contribution in [1.29, 1.82) is 0 Å². The first-order valence-electron chi connectivity index (χ1n) is 5.83. The average molecular weight is 249 g/mol. The molecule has 3 rings (SSSR count). The van der Waals surface area contributed by atoms with Crippen molar-refractivity contribution >= 4 is 32.4 Å². The van der Waals surface area contributed by atoms with Crippen molar-refractivity contribution in [2.45, 2.75) is 18.9 Å². The minimum absolute atomic E-state index is 0.340. The van der Waals surface area contributed by atoms with Gasteiger partial charge in [-0.3, -0.25) is 0 Å². The number of nitrogens with two attached hydrogens (primary N) is 1. The maximum absolute atomic E-state index is 5.75. The highest BCUT2D eigenvalue weighted by atomic mass is 32.1. The number of ether oxygens (including phenoxy) is 1. The molecule has 1 fully saturated rings. The lowest BCUT2D eigenvalue weighted by Crippen LogP contribution is -2.18. The molecule has 4 nitrogen and oxygen atoms in total. The minimum Gasteiger partial charge on any atom is -0.399 e. The first kappa shape index (κ1) is 10.8. The quantitative estimate of drug-likeness (QED) is 0.820. The number of anilines is 2. The second-order valence-electron chi connectivity index (χ2n) is 4.26. The molecule has 1 aromatic carbocycles. The summed E-state index contributed by atoms with van der Waals surface area (Å²) in [5.41, 5.74) is 7.53. The summed E-state index contributed by atoms with van der Waals surface area (Å²) in [6.07, 6.45) is 2.65. The van der Waals surface area contributed by atoms with E-state index in [1.807, 2.05) is 18.2 Å². The van der Waals surface area contributed by atoms with Crippen LogP contribution in [0, 0.1) is 0 Å². The van der Waals surface area contributed by atoms with Crippen molar-refractivity contribution in [3.63, 3.8) is 0 Å². The molecule has 0 aliphatic carbocycles. The van der Waals surface area contributed by atoms with Gasteiger partial charge < -0.3 is 15.8 Å². The summed E-state index contributed by atoms with van der Waals surface area (Å²) in [4.78, 5) is 4.51. The van der Waals surface area contributed by atoms with Gasteiger partial charge in [-0.15, -0.1) is 0 Å². The van der Waals surface area contributed by atoms with E-state index in [1.54, 1.807) is 11.3 Å². The van der Waals surface area contributed by atoms with E-state index in [0.717, 1.165) is 40.6 Å². The molecular formula is C12H15N3OS. The summed E-state index contributed by atoms with van der Waals surface area (Å²) in [7, 11) is 0. The van der Waals surface area contributed by atoms with Crippen molar-refractivity contribution in [2.75, 3.05) is 24.2 Å². The highest BCUT2D eigenvalue weighted by Crippen LogP contribution is 2.27.